The van der Waals surface area contributed by atoms with E-state index in [0.29, 0.717) is 5.15 Å². The van der Waals surface area contributed by atoms with Gasteiger partial charge in [-0.1, -0.05) is 11.6 Å². The van der Waals surface area contributed by atoms with Crippen LogP contribution in [0.1, 0.15) is 0 Å². The van der Waals surface area contributed by atoms with E-state index in [1.165, 1.54) is 12.3 Å². The van der Waals surface area contributed by atoms with Gasteiger partial charge in [0, 0.05) is 12.5 Å². The summed E-state index contributed by atoms with van der Waals surface area (Å²) in [4.78, 5) is 2.78. The van der Waals surface area contributed by atoms with Crippen LogP contribution in [0.3, 0.4) is 0 Å². The Labute approximate surface area is 63.9 Å². The van der Waals surface area contributed by atoms with Gasteiger partial charge in [-0.15, -0.1) is 0 Å². The predicted octanol–water partition coefficient (Wildman–Crippen LogP) is 1.07. The molecule has 0 aliphatic rings. The molecule has 1 heterocycles. The fourth-order valence-corrected chi connectivity index (χ4v) is 1.40. The van der Waals surface area contributed by atoms with Crippen LogP contribution in [0.25, 0.3) is 0 Å². The Morgan fingerprint density at radius 2 is 2.20 bits per heavy atom. The highest BCUT2D eigenvalue weighted by Crippen LogP contribution is 2.13. The number of hydrogen-bond acceptors (Lipinski definition) is 2. The molecule has 0 saturated carbocycles. The van der Waals surface area contributed by atoms with Crippen molar-refractivity contribution in [2.24, 2.45) is 0 Å². The SMILES string of the molecule is CS(=O)(=O)c1c[nH]c(Cl)c1. The number of halogens is 1. The summed E-state index contributed by atoms with van der Waals surface area (Å²) >= 11 is 5.45. The molecule has 0 unspecified atom stereocenters. The van der Waals surface area contributed by atoms with E-state index < -0.39 is 9.84 Å². The van der Waals surface area contributed by atoms with Crippen molar-refractivity contribution < 1.29 is 8.42 Å². The van der Waals surface area contributed by atoms with Crippen molar-refractivity contribution in [3.63, 3.8) is 0 Å². The summed E-state index contributed by atoms with van der Waals surface area (Å²) in [5, 5.41) is 0.334. The highest BCUT2D eigenvalue weighted by atomic mass is 35.5. The topological polar surface area (TPSA) is 49.9 Å². The van der Waals surface area contributed by atoms with Gasteiger partial charge in [0.15, 0.2) is 9.84 Å². The van der Waals surface area contributed by atoms with Crippen LogP contribution in [0.15, 0.2) is 17.2 Å². The van der Waals surface area contributed by atoms with Gasteiger partial charge in [0.25, 0.3) is 0 Å². The molecule has 0 bridgehead atoms. The van der Waals surface area contributed by atoms with Gasteiger partial charge in [-0.3, -0.25) is 0 Å². The number of aromatic amines is 1. The molecule has 0 aliphatic carbocycles. The van der Waals surface area contributed by atoms with Crippen LogP contribution in [-0.4, -0.2) is 19.7 Å². The molecule has 1 aromatic heterocycles. The molecule has 1 aromatic rings. The molecule has 56 valence electrons. The summed E-state index contributed by atoms with van der Waals surface area (Å²) in [5.74, 6) is 0. The summed E-state index contributed by atoms with van der Waals surface area (Å²) in [7, 11) is -3.10. The van der Waals surface area contributed by atoms with Crippen LogP contribution < -0.4 is 0 Å². The summed E-state index contributed by atoms with van der Waals surface area (Å²) in [6.07, 6.45) is 2.49. The third-order valence-electron chi connectivity index (χ3n) is 1.05. The summed E-state index contributed by atoms with van der Waals surface area (Å²) in [6.45, 7) is 0. The molecule has 3 nitrogen and oxygen atoms in total. The Hall–Kier alpha value is -0.480. The number of H-pyrrole nitrogens is 1. The molecule has 1 rings (SSSR count). The van der Waals surface area contributed by atoms with E-state index in [2.05, 4.69) is 4.98 Å². The second-order valence-electron chi connectivity index (χ2n) is 1.96. The third kappa shape index (κ3) is 1.52. The Balaban J connectivity index is 3.21. The van der Waals surface area contributed by atoms with Gasteiger partial charge in [0.05, 0.1) is 4.90 Å². The molecular weight excluding hydrogens is 174 g/mol. The molecule has 0 atom stereocenters. The minimum Gasteiger partial charge on any atom is -0.351 e. The van der Waals surface area contributed by atoms with E-state index in [4.69, 9.17) is 11.6 Å². The first kappa shape index (κ1) is 7.63. The fraction of sp³-hybridized carbons (Fsp3) is 0.200. The summed E-state index contributed by atoms with van der Waals surface area (Å²) in [5.41, 5.74) is 0. The fourth-order valence-electron chi connectivity index (χ4n) is 0.562. The zero-order valence-electron chi connectivity index (χ0n) is 5.26. The molecular formula is C5H6ClNO2S. The molecule has 0 fully saturated rings. The van der Waals surface area contributed by atoms with Crippen molar-refractivity contribution in [1.29, 1.82) is 0 Å². The van der Waals surface area contributed by atoms with E-state index in [-0.39, 0.29) is 4.90 Å². The van der Waals surface area contributed by atoms with Crippen molar-refractivity contribution in [1.82, 2.24) is 4.98 Å². The van der Waals surface area contributed by atoms with Gasteiger partial charge in [-0.05, 0) is 6.07 Å². The molecule has 5 heteroatoms. The minimum absolute atomic E-state index is 0.220. The maximum atomic E-state index is 10.8. The van der Waals surface area contributed by atoms with E-state index in [9.17, 15) is 8.42 Å². The van der Waals surface area contributed by atoms with Gasteiger partial charge in [0.2, 0.25) is 0 Å². The Morgan fingerprint density at radius 3 is 2.40 bits per heavy atom. The Bertz CT molecular complexity index is 327. The summed E-state index contributed by atoms with van der Waals surface area (Å²) < 4.78 is 21.5. The van der Waals surface area contributed by atoms with Gasteiger partial charge < -0.3 is 4.98 Å². The second-order valence-corrected chi connectivity index (χ2v) is 4.38. The first-order valence-corrected chi connectivity index (χ1v) is 4.81. The van der Waals surface area contributed by atoms with Gasteiger partial charge >= 0.3 is 0 Å². The third-order valence-corrected chi connectivity index (χ3v) is 2.36. The molecule has 1 N–H and O–H groups in total. The molecule has 0 amide bonds. The lowest BCUT2D eigenvalue weighted by Crippen LogP contribution is -1.93. The smallest absolute Gasteiger partial charge is 0.177 e. The van der Waals surface area contributed by atoms with E-state index in [0.717, 1.165) is 6.26 Å². The standard InChI is InChI=1S/C5H6ClNO2S/c1-10(8,9)4-2-5(6)7-3-4/h2-3,7H,1H3. The monoisotopic (exact) mass is 179 g/mol. The first-order chi connectivity index (χ1) is 4.50. The molecule has 0 aromatic carbocycles. The lowest BCUT2D eigenvalue weighted by Gasteiger charge is -1.86. The van der Waals surface area contributed by atoms with Crippen molar-refractivity contribution in [2.45, 2.75) is 4.90 Å². The summed E-state index contributed by atoms with van der Waals surface area (Å²) in [6, 6.07) is 1.37. The minimum atomic E-state index is -3.10. The quantitative estimate of drug-likeness (QED) is 0.701. The lowest BCUT2D eigenvalue weighted by molar-refractivity contribution is 0.602. The number of hydrogen-bond donors (Lipinski definition) is 1. The van der Waals surface area contributed by atoms with Crippen molar-refractivity contribution in [3.05, 3.63) is 17.4 Å². The zero-order chi connectivity index (χ0) is 7.78. The number of rotatable bonds is 1. The number of aromatic nitrogens is 1. The van der Waals surface area contributed by atoms with Crippen LogP contribution in [0.5, 0.6) is 0 Å². The molecule has 0 aliphatic heterocycles. The van der Waals surface area contributed by atoms with Gasteiger partial charge in [-0.2, -0.15) is 0 Å². The van der Waals surface area contributed by atoms with Crippen molar-refractivity contribution in [3.8, 4) is 0 Å². The zero-order valence-corrected chi connectivity index (χ0v) is 6.83. The first-order valence-electron chi connectivity index (χ1n) is 2.54. The maximum Gasteiger partial charge on any atom is 0.177 e. The number of sulfone groups is 1. The highest BCUT2D eigenvalue weighted by Gasteiger charge is 2.07. The van der Waals surface area contributed by atoms with Gasteiger partial charge in [0.1, 0.15) is 5.15 Å². The van der Waals surface area contributed by atoms with Crippen LogP contribution in [0.4, 0.5) is 0 Å². The van der Waals surface area contributed by atoms with E-state index >= 15 is 0 Å². The van der Waals surface area contributed by atoms with Crippen LogP contribution in [0, 0.1) is 0 Å². The number of nitrogens with one attached hydrogen (secondary N) is 1. The largest absolute Gasteiger partial charge is 0.351 e. The highest BCUT2D eigenvalue weighted by molar-refractivity contribution is 7.90. The Morgan fingerprint density at radius 1 is 1.60 bits per heavy atom. The van der Waals surface area contributed by atoms with Gasteiger partial charge in [-0.25, -0.2) is 8.42 Å². The average molecular weight is 180 g/mol. The predicted molar refractivity (Wildman–Crippen MR) is 38.9 cm³/mol. The van der Waals surface area contributed by atoms with E-state index in [1.807, 2.05) is 0 Å². The molecule has 0 saturated heterocycles. The van der Waals surface area contributed by atoms with E-state index in [1.54, 1.807) is 0 Å². The lowest BCUT2D eigenvalue weighted by atomic mass is 10.7. The molecule has 10 heavy (non-hydrogen) atoms. The van der Waals surface area contributed by atoms with Crippen LogP contribution in [0.2, 0.25) is 5.15 Å². The second kappa shape index (κ2) is 2.29. The normalized spacial score (nSPS) is 11.8. The van der Waals surface area contributed by atoms with Crippen molar-refractivity contribution in [2.75, 3.05) is 6.26 Å². The molecule has 0 spiro atoms. The maximum absolute atomic E-state index is 10.8. The average Bonchev–Trinajstić information content (AvgIpc) is 2.11. The molecule has 0 radical (unpaired) electrons. The van der Waals surface area contributed by atoms with Crippen molar-refractivity contribution >= 4 is 21.4 Å². The Kier molecular flexibility index (Phi) is 1.74. The van der Waals surface area contributed by atoms with Crippen LogP contribution >= 0.6 is 11.6 Å². The van der Waals surface area contributed by atoms with Crippen LogP contribution in [-0.2, 0) is 9.84 Å².